The Morgan fingerprint density at radius 1 is 0.532 bits per heavy atom. The molecule has 0 aliphatic heterocycles. The van der Waals surface area contributed by atoms with Gasteiger partial charge < -0.3 is 19.8 Å². The van der Waals surface area contributed by atoms with Crippen LogP contribution in [-0.4, -0.2) is 73.4 Å². The predicted molar refractivity (Wildman–Crippen MR) is 268 cm³/mol. The fourth-order valence-corrected chi connectivity index (χ4v) is 8.96. The molecule has 0 saturated carbocycles. The molecule has 9 heteroatoms. The van der Waals surface area contributed by atoms with Crippen molar-refractivity contribution in [2.45, 2.75) is 283 Å². The van der Waals surface area contributed by atoms with Crippen molar-refractivity contribution in [3.8, 4) is 0 Å². The van der Waals surface area contributed by atoms with Crippen molar-refractivity contribution in [1.29, 1.82) is 0 Å². The van der Waals surface area contributed by atoms with Gasteiger partial charge >= 0.3 is 7.82 Å². The summed E-state index contributed by atoms with van der Waals surface area (Å²) in [7, 11) is 1.58. The van der Waals surface area contributed by atoms with E-state index in [4.69, 9.17) is 9.05 Å². The quantitative estimate of drug-likeness (QED) is 0.0243. The third-order valence-electron chi connectivity index (χ3n) is 12.5. The number of hydrogen-bond acceptors (Lipinski definition) is 5. The molecule has 3 atom stereocenters. The molecule has 370 valence electrons. The number of quaternary nitrogens is 1. The molecule has 0 saturated heterocycles. The molecule has 3 unspecified atom stereocenters. The maximum Gasteiger partial charge on any atom is 0.472 e. The molecule has 0 aromatic rings. The van der Waals surface area contributed by atoms with E-state index in [2.05, 4.69) is 19.2 Å². The first kappa shape index (κ1) is 61.2. The van der Waals surface area contributed by atoms with Crippen LogP contribution in [-0.2, 0) is 18.4 Å². The fraction of sp³-hybridized carbons (Fsp3) is 0.943. The lowest BCUT2D eigenvalue weighted by atomic mass is 10.0. The van der Waals surface area contributed by atoms with Gasteiger partial charge in [0, 0.05) is 6.42 Å². The third kappa shape index (κ3) is 47.2. The van der Waals surface area contributed by atoms with Crippen molar-refractivity contribution < 1.29 is 32.9 Å². The molecule has 0 heterocycles. The van der Waals surface area contributed by atoms with E-state index in [9.17, 15) is 19.4 Å². The second-order valence-corrected chi connectivity index (χ2v) is 21.4. The summed E-state index contributed by atoms with van der Waals surface area (Å²) in [6, 6.07) is -0.838. The van der Waals surface area contributed by atoms with E-state index in [1.54, 1.807) is 6.08 Å². The Kier molecular flexibility index (Phi) is 44.8. The number of nitrogens with zero attached hydrogens (tertiary/aromatic N) is 1. The molecule has 3 N–H and O–H groups in total. The van der Waals surface area contributed by atoms with Crippen LogP contribution in [0.3, 0.4) is 0 Å². The lowest BCUT2D eigenvalue weighted by molar-refractivity contribution is -0.870. The van der Waals surface area contributed by atoms with E-state index in [-0.39, 0.29) is 19.1 Å². The zero-order valence-corrected chi connectivity index (χ0v) is 43.0. The molecule has 0 aliphatic rings. The first-order valence-electron chi connectivity index (χ1n) is 27.1. The summed E-state index contributed by atoms with van der Waals surface area (Å²) >= 11 is 0. The van der Waals surface area contributed by atoms with Crippen LogP contribution in [0.4, 0.5) is 0 Å². The number of unbranched alkanes of at least 4 members (excludes halogenated alkanes) is 37. The third-order valence-corrected chi connectivity index (χ3v) is 13.5. The van der Waals surface area contributed by atoms with Gasteiger partial charge in [-0.05, 0) is 19.3 Å². The average Bonchev–Trinajstić information content (AvgIpc) is 3.23. The minimum atomic E-state index is -4.32. The SMILES string of the molecule is CCCCCC/C=C/C(O)C(COP(=O)(O)OCC[N+](C)(C)C)NC(=O)CCCCCCCCCCCCCCCCCCCCCCCCCCCCCCCCCCCC. The van der Waals surface area contributed by atoms with E-state index in [1.165, 1.54) is 205 Å². The molecule has 0 spiro atoms. The molecular weight excluding hydrogens is 792 g/mol. The molecule has 0 radical (unpaired) electrons. The molecule has 62 heavy (non-hydrogen) atoms. The van der Waals surface area contributed by atoms with Crippen LogP contribution < -0.4 is 5.32 Å². The number of carbonyl (C=O) groups is 1. The lowest BCUT2D eigenvalue weighted by Crippen LogP contribution is -2.45. The number of aliphatic hydroxyl groups excluding tert-OH is 1. The summed E-state index contributed by atoms with van der Waals surface area (Å²) in [6.45, 7) is 4.76. The Morgan fingerprint density at radius 2 is 0.855 bits per heavy atom. The number of rotatable bonds is 50. The second kappa shape index (κ2) is 45.4. The number of carbonyl (C=O) groups excluding carboxylic acids is 1. The van der Waals surface area contributed by atoms with Gasteiger partial charge in [0.2, 0.25) is 5.91 Å². The lowest BCUT2D eigenvalue weighted by Gasteiger charge is -2.25. The van der Waals surface area contributed by atoms with Crippen molar-refractivity contribution in [2.75, 3.05) is 40.9 Å². The minimum Gasteiger partial charge on any atom is -0.387 e. The van der Waals surface area contributed by atoms with Gasteiger partial charge in [-0.15, -0.1) is 0 Å². The molecule has 0 aliphatic carbocycles. The van der Waals surface area contributed by atoms with Gasteiger partial charge in [0.15, 0.2) is 0 Å². The van der Waals surface area contributed by atoms with Crippen molar-refractivity contribution in [1.82, 2.24) is 5.32 Å². The smallest absolute Gasteiger partial charge is 0.387 e. The number of hydrogen-bond donors (Lipinski definition) is 3. The maximum atomic E-state index is 12.8. The Morgan fingerprint density at radius 3 is 1.19 bits per heavy atom. The summed E-state index contributed by atoms with van der Waals surface area (Å²) < 4.78 is 23.4. The van der Waals surface area contributed by atoms with Crippen LogP contribution in [0.5, 0.6) is 0 Å². The van der Waals surface area contributed by atoms with Crippen molar-refractivity contribution >= 4 is 13.7 Å². The van der Waals surface area contributed by atoms with Gasteiger partial charge in [0.25, 0.3) is 0 Å². The van der Waals surface area contributed by atoms with Crippen LogP contribution in [0.1, 0.15) is 271 Å². The summed E-state index contributed by atoms with van der Waals surface area (Å²) in [5.74, 6) is -0.177. The maximum absolute atomic E-state index is 12.8. The molecular formula is C53H108N2O6P+. The number of likely N-dealkylation sites (N-methyl/N-ethyl adjacent to an activating group) is 1. The molecule has 1 amide bonds. The highest BCUT2D eigenvalue weighted by Crippen LogP contribution is 2.43. The molecule has 0 rings (SSSR count). The number of phosphoric ester groups is 1. The van der Waals surface area contributed by atoms with E-state index in [1.807, 2.05) is 27.2 Å². The topological polar surface area (TPSA) is 105 Å². The van der Waals surface area contributed by atoms with Crippen LogP contribution in [0.15, 0.2) is 12.2 Å². The standard InChI is InChI=1S/C53H107N2O6P/c1-6-8-10-12-14-15-16-17-18-19-20-21-22-23-24-25-26-27-28-29-30-31-32-33-34-35-36-37-38-39-40-41-43-45-47-53(57)54-51(52(56)46-44-42-13-11-9-7-2)50-61-62(58,59)60-49-48-55(3,4)5/h44,46,51-52,56H,6-43,45,47-50H2,1-5H3,(H-,54,57,58,59)/p+1/b46-44+. The Balaban J connectivity index is 3.75. The van der Waals surface area contributed by atoms with Gasteiger partial charge in [0.1, 0.15) is 13.2 Å². The van der Waals surface area contributed by atoms with Crippen molar-refractivity contribution in [2.24, 2.45) is 0 Å². The first-order valence-corrected chi connectivity index (χ1v) is 28.6. The van der Waals surface area contributed by atoms with Crippen molar-refractivity contribution in [3.05, 3.63) is 12.2 Å². The van der Waals surface area contributed by atoms with Crippen LogP contribution in [0, 0.1) is 0 Å². The van der Waals surface area contributed by atoms with Gasteiger partial charge in [-0.3, -0.25) is 13.8 Å². The largest absolute Gasteiger partial charge is 0.472 e. The first-order chi connectivity index (χ1) is 30.0. The van der Waals surface area contributed by atoms with Gasteiger partial charge in [0.05, 0.1) is 39.9 Å². The molecule has 8 nitrogen and oxygen atoms in total. The Labute approximate surface area is 386 Å². The Bertz CT molecular complexity index is 1020. The number of nitrogens with one attached hydrogen (secondary N) is 1. The van der Waals surface area contributed by atoms with Gasteiger partial charge in [-0.1, -0.05) is 257 Å². The minimum absolute atomic E-state index is 0.0637. The number of amides is 1. The summed E-state index contributed by atoms with van der Waals surface area (Å²) in [6.07, 6.45) is 55.2. The molecule has 0 aromatic carbocycles. The van der Waals surface area contributed by atoms with Crippen molar-refractivity contribution in [3.63, 3.8) is 0 Å². The van der Waals surface area contributed by atoms with E-state index in [0.717, 1.165) is 44.9 Å². The molecule has 0 fully saturated rings. The van der Waals surface area contributed by atoms with Crippen LogP contribution in [0.25, 0.3) is 0 Å². The Hall–Kier alpha value is -0.760. The zero-order valence-electron chi connectivity index (χ0n) is 42.1. The van der Waals surface area contributed by atoms with E-state index < -0.39 is 20.0 Å². The summed E-state index contributed by atoms with van der Waals surface area (Å²) in [5, 5.41) is 13.7. The zero-order chi connectivity index (χ0) is 45.7. The monoisotopic (exact) mass is 900 g/mol. The van der Waals surface area contributed by atoms with Crippen LogP contribution >= 0.6 is 7.82 Å². The molecule has 0 bridgehead atoms. The molecule has 0 aromatic heterocycles. The number of aliphatic hydroxyl groups is 1. The fourth-order valence-electron chi connectivity index (χ4n) is 8.22. The van der Waals surface area contributed by atoms with Crippen LogP contribution in [0.2, 0.25) is 0 Å². The van der Waals surface area contributed by atoms with E-state index >= 15 is 0 Å². The normalized spacial score (nSPS) is 14.1. The summed E-state index contributed by atoms with van der Waals surface area (Å²) in [5.41, 5.74) is 0. The number of phosphoric acid groups is 1. The highest BCUT2D eigenvalue weighted by molar-refractivity contribution is 7.47. The van der Waals surface area contributed by atoms with Gasteiger partial charge in [-0.25, -0.2) is 4.57 Å². The number of allylic oxidation sites excluding steroid dienone is 1. The highest BCUT2D eigenvalue weighted by atomic mass is 31.2. The average molecular weight is 900 g/mol. The highest BCUT2D eigenvalue weighted by Gasteiger charge is 2.27. The second-order valence-electron chi connectivity index (χ2n) is 20.0. The van der Waals surface area contributed by atoms with Gasteiger partial charge in [-0.2, -0.15) is 0 Å². The summed E-state index contributed by atoms with van der Waals surface area (Å²) in [4.78, 5) is 23.0. The van der Waals surface area contributed by atoms with E-state index in [0.29, 0.717) is 17.4 Å². The predicted octanol–water partition coefficient (Wildman–Crippen LogP) is 15.9.